The van der Waals surface area contributed by atoms with Crippen molar-refractivity contribution in [2.45, 2.75) is 25.7 Å². The molecule has 3 aromatic rings. The van der Waals surface area contributed by atoms with Crippen molar-refractivity contribution in [3.8, 4) is 11.1 Å². The lowest BCUT2D eigenvalue weighted by atomic mass is 10.0. The molecule has 1 aliphatic heterocycles. The van der Waals surface area contributed by atoms with E-state index in [9.17, 15) is 4.79 Å². The molecular formula is C23H25N5O. The second-order valence-electron chi connectivity index (χ2n) is 7.39. The third-order valence-corrected chi connectivity index (χ3v) is 5.30. The Morgan fingerprint density at radius 1 is 0.897 bits per heavy atom. The Morgan fingerprint density at radius 3 is 2.34 bits per heavy atom. The van der Waals surface area contributed by atoms with Gasteiger partial charge in [-0.1, -0.05) is 31.0 Å². The van der Waals surface area contributed by atoms with Gasteiger partial charge in [0.1, 0.15) is 17.3 Å². The molecule has 2 aromatic heterocycles. The number of aromatic nitrogens is 2. The molecule has 4 N–H and O–H groups in total. The van der Waals surface area contributed by atoms with Gasteiger partial charge in [-0.15, -0.1) is 0 Å². The molecule has 1 aliphatic rings. The zero-order chi connectivity index (χ0) is 20.2. The predicted octanol–water partition coefficient (Wildman–Crippen LogP) is 3.92. The van der Waals surface area contributed by atoms with E-state index in [1.165, 1.54) is 12.8 Å². The first-order valence-electron chi connectivity index (χ1n) is 10.00. The van der Waals surface area contributed by atoms with Crippen molar-refractivity contribution in [1.82, 2.24) is 9.97 Å². The maximum atomic E-state index is 13.2. The van der Waals surface area contributed by atoms with Crippen LogP contribution in [0.4, 0.5) is 17.3 Å². The van der Waals surface area contributed by atoms with Crippen LogP contribution in [-0.4, -0.2) is 28.8 Å². The quantitative estimate of drug-likeness (QED) is 0.520. The van der Waals surface area contributed by atoms with Crippen molar-refractivity contribution in [3.63, 3.8) is 0 Å². The van der Waals surface area contributed by atoms with Gasteiger partial charge in [0.05, 0.1) is 5.56 Å². The minimum atomic E-state index is -0.219. The molecule has 148 valence electrons. The standard InChI is InChI=1S/C23H25N5O/c24-18-10-8-16(9-11-18)17-14-19(23(25)26-15-17)22(29)20-6-5-7-21(27-20)28-12-3-1-2-4-13-28/h5-11,14-15H,1-4,12-13,24H2,(H2,25,26). The Kier molecular flexibility index (Phi) is 5.42. The third kappa shape index (κ3) is 4.21. The molecule has 0 spiro atoms. The van der Waals surface area contributed by atoms with Crippen LogP contribution in [0.15, 0.2) is 54.7 Å². The van der Waals surface area contributed by atoms with E-state index in [1.54, 1.807) is 18.3 Å². The second kappa shape index (κ2) is 8.31. The maximum absolute atomic E-state index is 13.2. The topological polar surface area (TPSA) is 98.1 Å². The monoisotopic (exact) mass is 387 g/mol. The van der Waals surface area contributed by atoms with Gasteiger partial charge in [0, 0.05) is 30.5 Å². The van der Waals surface area contributed by atoms with Crippen LogP contribution < -0.4 is 16.4 Å². The van der Waals surface area contributed by atoms with E-state index in [4.69, 9.17) is 11.5 Å². The van der Waals surface area contributed by atoms with Crippen LogP contribution >= 0.6 is 0 Å². The minimum Gasteiger partial charge on any atom is -0.399 e. The summed E-state index contributed by atoms with van der Waals surface area (Å²) in [6, 6.07) is 14.8. The second-order valence-corrected chi connectivity index (χ2v) is 7.39. The number of benzene rings is 1. The molecule has 0 amide bonds. The van der Waals surface area contributed by atoms with Crippen molar-refractivity contribution >= 4 is 23.1 Å². The number of carbonyl (C=O) groups is 1. The first-order valence-corrected chi connectivity index (χ1v) is 10.00. The lowest BCUT2D eigenvalue weighted by Crippen LogP contribution is -2.25. The molecule has 29 heavy (non-hydrogen) atoms. The molecule has 0 aliphatic carbocycles. The van der Waals surface area contributed by atoms with E-state index in [1.807, 2.05) is 36.4 Å². The van der Waals surface area contributed by atoms with E-state index in [0.717, 1.165) is 42.9 Å². The predicted molar refractivity (Wildman–Crippen MR) is 117 cm³/mol. The van der Waals surface area contributed by atoms with Crippen molar-refractivity contribution < 1.29 is 4.79 Å². The van der Waals surface area contributed by atoms with E-state index in [0.29, 0.717) is 16.9 Å². The van der Waals surface area contributed by atoms with Gasteiger partial charge in [-0.3, -0.25) is 4.79 Å². The van der Waals surface area contributed by atoms with Crippen LogP contribution in [0.25, 0.3) is 11.1 Å². The summed E-state index contributed by atoms with van der Waals surface area (Å²) in [7, 11) is 0. The number of nitrogens with two attached hydrogens (primary N) is 2. The normalized spacial score (nSPS) is 14.4. The number of anilines is 3. The van der Waals surface area contributed by atoms with Gasteiger partial charge in [-0.25, -0.2) is 9.97 Å². The summed E-state index contributed by atoms with van der Waals surface area (Å²) in [5.74, 6) is 0.833. The molecule has 0 bridgehead atoms. The molecule has 0 unspecified atom stereocenters. The number of hydrogen-bond donors (Lipinski definition) is 2. The molecule has 1 aromatic carbocycles. The Morgan fingerprint density at radius 2 is 1.62 bits per heavy atom. The van der Waals surface area contributed by atoms with Crippen LogP contribution in [0.1, 0.15) is 41.7 Å². The maximum Gasteiger partial charge on any atom is 0.215 e. The van der Waals surface area contributed by atoms with Crippen molar-refractivity contribution in [2.24, 2.45) is 0 Å². The summed E-state index contributed by atoms with van der Waals surface area (Å²) < 4.78 is 0. The van der Waals surface area contributed by atoms with Gasteiger partial charge < -0.3 is 16.4 Å². The summed E-state index contributed by atoms with van der Waals surface area (Å²) in [6.07, 6.45) is 6.46. The van der Waals surface area contributed by atoms with Crippen LogP contribution in [0, 0.1) is 0 Å². The van der Waals surface area contributed by atoms with E-state index < -0.39 is 0 Å². The Balaban J connectivity index is 1.65. The zero-order valence-electron chi connectivity index (χ0n) is 16.3. The SMILES string of the molecule is Nc1ccc(-c2cnc(N)c(C(=O)c3cccc(N4CCCCCC4)n3)c2)cc1. The lowest BCUT2D eigenvalue weighted by molar-refractivity contribution is 0.103. The van der Waals surface area contributed by atoms with Crippen LogP contribution in [0.5, 0.6) is 0 Å². The van der Waals surface area contributed by atoms with Gasteiger partial charge >= 0.3 is 0 Å². The van der Waals surface area contributed by atoms with Crippen LogP contribution in [0.2, 0.25) is 0 Å². The highest BCUT2D eigenvalue weighted by molar-refractivity contribution is 6.11. The average Bonchev–Trinajstić information content (AvgIpc) is 3.04. The van der Waals surface area contributed by atoms with Crippen molar-refractivity contribution in [2.75, 3.05) is 29.5 Å². The molecule has 0 radical (unpaired) electrons. The summed E-state index contributed by atoms with van der Waals surface area (Å²) in [4.78, 5) is 24.3. The summed E-state index contributed by atoms with van der Waals surface area (Å²) in [5.41, 5.74) is 15.0. The molecule has 6 heteroatoms. The van der Waals surface area contributed by atoms with E-state index in [2.05, 4.69) is 14.9 Å². The Labute approximate surface area is 170 Å². The van der Waals surface area contributed by atoms with E-state index in [-0.39, 0.29) is 11.6 Å². The smallest absolute Gasteiger partial charge is 0.215 e. The number of rotatable bonds is 4. The lowest BCUT2D eigenvalue weighted by Gasteiger charge is -2.21. The molecule has 6 nitrogen and oxygen atoms in total. The molecular weight excluding hydrogens is 362 g/mol. The fourth-order valence-corrected chi connectivity index (χ4v) is 3.65. The largest absolute Gasteiger partial charge is 0.399 e. The average molecular weight is 387 g/mol. The third-order valence-electron chi connectivity index (χ3n) is 5.30. The van der Waals surface area contributed by atoms with Crippen LogP contribution in [-0.2, 0) is 0 Å². The highest BCUT2D eigenvalue weighted by Gasteiger charge is 2.18. The highest BCUT2D eigenvalue weighted by atomic mass is 16.1. The van der Waals surface area contributed by atoms with Gasteiger partial charge in [0.15, 0.2) is 0 Å². The summed E-state index contributed by atoms with van der Waals surface area (Å²) >= 11 is 0. The first kappa shape index (κ1) is 18.9. The Bertz CT molecular complexity index is 1010. The zero-order valence-corrected chi connectivity index (χ0v) is 16.3. The fourth-order valence-electron chi connectivity index (χ4n) is 3.65. The molecule has 0 atom stereocenters. The number of hydrogen-bond acceptors (Lipinski definition) is 6. The Hall–Kier alpha value is -3.41. The van der Waals surface area contributed by atoms with Gasteiger partial charge in [0.2, 0.25) is 5.78 Å². The van der Waals surface area contributed by atoms with Crippen molar-refractivity contribution in [3.05, 3.63) is 66.0 Å². The number of carbonyl (C=O) groups excluding carboxylic acids is 1. The number of nitrogen functional groups attached to an aromatic ring is 2. The summed E-state index contributed by atoms with van der Waals surface area (Å²) in [6.45, 7) is 1.95. The minimum absolute atomic E-state index is 0.205. The highest BCUT2D eigenvalue weighted by Crippen LogP contribution is 2.25. The molecule has 1 saturated heterocycles. The molecule has 4 rings (SSSR count). The van der Waals surface area contributed by atoms with Gasteiger partial charge in [-0.2, -0.15) is 0 Å². The first-order chi connectivity index (χ1) is 14.1. The fraction of sp³-hybridized carbons (Fsp3) is 0.261. The molecule has 0 saturated carbocycles. The number of ketones is 1. The van der Waals surface area contributed by atoms with Gasteiger partial charge in [0.25, 0.3) is 0 Å². The molecule has 1 fully saturated rings. The number of nitrogens with zero attached hydrogens (tertiary/aromatic N) is 3. The molecule has 3 heterocycles. The number of pyridine rings is 2. The van der Waals surface area contributed by atoms with Crippen molar-refractivity contribution in [1.29, 1.82) is 0 Å². The summed E-state index contributed by atoms with van der Waals surface area (Å²) in [5, 5.41) is 0. The van der Waals surface area contributed by atoms with Crippen LogP contribution in [0.3, 0.4) is 0 Å². The van der Waals surface area contributed by atoms with Gasteiger partial charge in [-0.05, 0) is 48.7 Å². The van der Waals surface area contributed by atoms with E-state index >= 15 is 0 Å².